The monoisotopic (exact) mass is 469 g/mol. The molecule has 2 aliphatic heterocycles. The van der Waals surface area contributed by atoms with Gasteiger partial charge in [-0.3, -0.25) is 4.79 Å². The lowest BCUT2D eigenvalue weighted by Crippen LogP contribution is -2.55. The molecule has 186 valence electrons. The molecule has 0 unspecified atom stereocenters. The van der Waals surface area contributed by atoms with Crippen molar-refractivity contribution >= 4 is 5.91 Å². The SMILES string of the molecule is CCN(C(=O)c1cccc(OCc2c(C)noc2C)c1)[C@H]1CCOC2(CCN(C(C)C)CC2)C1. The van der Waals surface area contributed by atoms with Crippen molar-refractivity contribution in [1.82, 2.24) is 15.0 Å². The van der Waals surface area contributed by atoms with Gasteiger partial charge in [0.15, 0.2) is 0 Å². The Labute approximate surface area is 203 Å². The maximum atomic E-state index is 13.6. The molecule has 0 aliphatic carbocycles. The minimum atomic E-state index is -0.0959. The second kappa shape index (κ2) is 10.5. The molecule has 2 fully saturated rings. The number of amides is 1. The van der Waals surface area contributed by atoms with Crippen LogP contribution in [-0.4, -0.2) is 64.8 Å². The van der Waals surface area contributed by atoms with Gasteiger partial charge in [-0.15, -0.1) is 0 Å². The first kappa shape index (κ1) is 24.7. The molecule has 0 saturated carbocycles. The van der Waals surface area contributed by atoms with Gasteiger partial charge in [0, 0.05) is 43.9 Å². The lowest BCUT2D eigenvalue weighted by Gasteiger charge is -2.49. The van der Waals surface area contributed by atoms with E-state index >= 15 is 0 Å². The summed E-state index contributed by atoms with van der Waals surface area (Å²) in [6.07, 6.45) is 3.88. The van der Waals surface area contributed by atoms with Crippen LogP contribution in [0.3, 0.4) is 0 Å². The highest BCUT2D eigenvalue weighted by molar-refractivity contribution is 5.94. The number of ether oxygens (including phenoxy) is 2. The van der Waals surface area contributed by atoms with Gasteiger partial charge in [0.25, 0.3) is 5.91 Å². The minimum absolute atomic E-state index is 0.0620. The zero-order valence-corrected chi connectivity index (χ0v) is 21.3. The van der Waals surface area contributed by atoms with E-state index in [4.69, 9.17) is 14.0 Å². The van der Waals surface area contributed by atoms with E-state index in [1.165, 1.54) is 0 Å². The normalized spacial score (nSPS) is 20.6. The molecule has 0 N–H and O–H groups in total. The van der Waals surface area contributed by atoms with E-state index in [-0.39, 0.29) is 17.6 Å². The first-order chi connectivity index (χ1) is 16.3. The van der Waals surface area contributed by atoms with Crippen LogP contribution >= 0.6 is 0 Å². The molecule has 7 heteroatoms. The van der Waals surface area contributed by atoms with Gasteiger partial charge in [0.1, 0.15) is 18.1 Å². The summed E-state index contributed by atoms with van der Waals surface area (Å²) in [4.78, 5) is 18.1. The van der Waals surface area contributed by atoms with Crippen molar-refractivity contribution in [2.75, 3.05) is 26.2 Å². The molecular formula is C27H39N3O4. The van der Waals surface area contributed by atoms with E-state index in [1.807, 2.05) is 43.0 Å². The number of hydrogen-bond acceptors (Lipinski definition) is 6. The Balaban J connectivity index is 1.42. The maximum Gasteiger partial charge on any atom is 0.254 e. The zero-order valence-electron chi connectivity index (χ0n) is 21.3. The van der Waals surface area contributed by atoms with Crippen LogP contribution in [0.25, 0.3) is 0 Å². The molecular weight excluding hydrogens is 430 g/mol. The summed E-state index contributed by atoms with van der Waals surface area (Å²) in [6.45, 7) is 14.3. The molecule has 1 amide bonds. The van der Waals surface area contributed by atoms with Gasteiger partial charge in [-0.1, -0.05) is 11.2 Å². The van der Waals surface area contributed by atoms with Crippen molar-refractivity contribution in [2.45, 2.75) is 84.6 Å². The van der Waals surface area contributed by atoms with Gasteiger partial charge in [-0.05, 0) is 78.5 Å². The fraction of sp³-hybridized carbons (Fsp3) is 0.630. The molecule has 2 aliphatic rings. The fourth-order valence-corrected chi connectivity index (χ4v) is 5.38. The lowest BCUT2D eigenvalue weighted by atomic mass is 9.81. The average Bonchev–Trinajstić information content (AvgIpc) is 3.15. The number of rotatable bonds is 7. The van der Waals surface area contributed by atoms with E-state index in [1.54, 1.807) is 0 Å². The van der Waals surface area contributed by atoms with E-state index in [0.29, 0.717) is 30.5 Å². The second-order valence-electron chi connectivity index (χ2n) is 10.0. The number of aromatic nitrogens is 1. The number of benzene rings is 1. The predicted octanol–water partition coefficient (Wildman–Crippen LogP) is 4.75. The molecule has 2 aromatic rings. The third-order valence-electron chi connectivity index (χ3n) is 7.59. The second-order valence-corrected chi connectivity index (χ2v) is 10.0. The standard InChI is InChI=1S/C27H39N3O4/c1-6-30(23-10-15-33-27(17-23)11-13-29(14-12-27)19(2)3)26(31)22-8-7-9-24(16-22)32-18-25-20(4)28-34-21(25)5/h7-9,16,19,23H,6,10-15,17-18H2,1-5H3/t23-/m0/s1. The summed E-state index contributed by atoms with van der Waals surface area (Å²) in [5.41, 5.74) is 2.34. The number of likely N-dealkylation sites (tertiary alicyclic amines) is 1. The summed E-state index contributed by atoms with van der Waals surface area (Å²) >= 11 is 0. The molecule has 0 bridgehead atoms. The van der Waals surface area contributed by atoms with E-state index in [9.17, 15) is 4.79 Å². The lowest BCUT2D eigenvalue weighted by molar-refractivity contribution is -0.131. The summed E-state index contributed by atoms with van der Waals surface area (Å²) < 4.78 is 17.6. The third kappa shape index (κ3) is 5.31. The molecule has 3 heterocycles. The molecule has 7 nitrogen and oxygen atoms in total. The molecule has 34 heavy (non-hydrogen) atoms. The average molecular weight is 470 g/mol. The van der Waals surface area contributed by atoms with Gasteiger partial charge in [0.2, 0.25) is 0 Å². The number of carbonyl (C=O) groups excluding carboxylic acids is 1. The quantitative estimate of drug-likeness (QED) is 0.583. The van der Waals surface area contributed by atoms with Crippen molar-refractivity contribution in [3.63, 3.8) is 0 Å². The van der Waals surface area contributed by atoms with E-state index in [0.717, 1.165) is 62.4 Å². The van der Waals surface area contributed by atoms with Crippen LogP contribution in [0.4, 0.5) is 0 Å². The van der Waals surface area contributed by atoms with Crippen molar-refractivity contribution in [2.24, 2.45) is 0 Å². The predicted molar refractivity (Wildman–Crippen MR) is 131 cm³/mol. The summed E-state index contributed by atoms with van der Waals surface area (Å²) in [5.74, 6) is 1.49. The Morgan fingerprint density at radius 2 is 2.06 bits per heavy atom. The first-order valence-electron chi connectivity index (χ1n) is 12.7. The largest absolute Gasteiger partial charge is 0.489 e. The third-order valence-corrected chi connectivity index (χ3v) is 7.59. The van der Waals surface area contributed by atoms with Crippen molar-refractivity contribution in [1.29, 1.82) is 0 Å². The van der Waals surface area contributed by atoms with Crippen LogP contribution in [0.2, 0.25) is 0 Å². The van der Waals surface area contributed by atoms with Crippen molar-refractivity contribution in [3.05, 3.63) is 46.8 Å². The molecule has 4 rings (SSSR count). The van der Waals surface area contributed by atoms with E-state index < -0.39 is 0 Å². The highest BCUT2D eigenvalue weighted by atomic mass is 16.5. The van der Waals surface area contributed by atoms with Gasteiger partial charge >= 0.3 is 0 Å². The molecule has 1 aromatic carbocycles. The number of hydrogen-bond donors (Lipinski definition) is 0. The number of piperidine rings is 1. The molecule has 2 saturated heterocycles. The Morgan fingerprint density at radius 3 is 2.71 bits per heavy atom. The Morgan fingerprint density at radius 1 is 1.29 bits per heavy atom. The van der Waals surface area contributed by atoms with Crippen LogP contribution in [0.1, 0.15) is 73.8 Å². The van der Waals surface area contributed by atoms with Gasteiger partial charge < -0.3 is 23.8 Å². The van der Waals surface area contributed by atoms with Crippen LogP contribution in [-0.2, 0) is 11.3 Å². The first-order valence-corrected chi connectivity index (χ1v) is 12.7. The van der Waals surface area contributed by atoms with Gasteiger partial charge in [0.05, 0.1) is 16.9 Å². The van der Waals surface area contributed by atoms with Crippen molar-refractivity contribution < 1.29 is 18.8 Å². The highest BCUT2D eigenvalue weighted by Crippen LogP contribution is 2.37. The molecule has 1 aromatic heterocycles. The summed E-state index contributed by atoms with van der Waals surface area (Å²) in [5, 5.41) is 3.98. The molecule has 1 spiro atoms. The smallest absolute Gasteiger partial charge is 0.254 e. The van der Waals surface area contributed by atoms with Crippen molar-refractivity contribution in [3.8, 4) is 5.75 Å². The van der Waals surface area contributed by atoms with Crippen LogP contribution in [0, 0.1) is 13.8 Å². The van der Waals surface area contributed by atoms with Crippen LogP contribution in [0.5, 0.6) is 5.75 Å². The summed E-state index contributed by atoms with van der Waals surface area (Å²) in [7, 11) is 0. The summed E-state index contributed by atoms with van der Waals surface area (Å²) in [6, 6.07) is 8.26. The Hall–Kier alpha value is -2.38. The Bertz CT molecular complexity index is 959. The topological polar surface area (TPSA) is 68.0 Å². The fourth-order valence-electron chi connectivity index (χ4n) is 5.38. The van der Waals surface area contributed by atoms with E-state index in [2.05, 4.69) is 30.8 Å². The molecule has 1 atom stereocenters. The maximum absolute atomic E-state index is 13.6. The number of carbonyl (C=O) groups is 1. The van der Waals surface area contributed by atoms with Gasteiger partial charge in [-0.25, -0.2) is 0 Å². The van der Waals surface area contributed by atoms with Gasteiger partial charge in [-0.2, -0.15) is 0 Å². The van der Waals surface area contributed by atoms with Crippen LogP contribution in [0.15, 0.2) is 28.8 Å². The molecule has 0 radical (unpaired) electrons. The highest BCUT2D eigenvalue weighted by Gasteiger charge is 2.42. The zero-order chi connectivity index (χ0) is 24.3. The number of aryl methyl sites for hydroxylation is 2. The Kier molecular flexibility index (Phi) is 7.63. The number of nitrogens with zero attached hydrogens (tertiary/aromatic N) is 3. The van der Waals surface area contributed by atoms with Crippen LogP contribution < -0.4 is 4.74 Å². The minimum Gasteiger partial charge on any atom is -0.489 e.